The molecule has 1 aliphatic rings. The zero-order valence-electron chi connectivity index (χ0n) is 23.5. The highest BCUT2D eigenvalue weighted by molar-refractivity contribution is 6.31. The highest BCUT2D eigenvalue weighted by atomic mass is 35.5. The number of methoxy groups -OCH3 is 2. The molecule has 0 spiro atoms. The second-order valence-electron chi connectivity index (χ2n) is 10.6. The lowest BCUT2D eigenvalue weighted by Gasteiger charge is -2.16. The molecule has 40 heavy (non-hydrogen) atoms. The van der Waals surface area contributed by atoms with E-state index >= 15 is 0 Å². The fourth-order valence-corrected chi connectivity index (χ4v) is 4.60. The van der Waals surface area contributed by atoms with E-state index in [-0.39, 0.29) is 23.5 Å². The minimum atomic E-state index is -0.294. The third kappa shape index (κ3) is 7.06. The van der Waals surface area contributed by atoms with E-state index in [4.69, 9.17) is 25.8 Å². The van der Waals surface area contributed by atoms with Crippen molar-refractivity contribution in [2.45, 2.75) is 33.6 Å². The molecule has 210 valence electrons. The molecule has 2 heterocycles. The van der Waals surface area contributed by atoms with Gasteiger partial charge in [-0.1, -0.05) is 38.4 Å². The Bertz CT molecular complexity index is 1490. The molecule has 1 aliphatic heterocycles. The molecule has 2 aromatic carbocycles. The average Bonchev–Trinajstić information content (AvgIpc) is 3.39. The number of amides is 1. The van der Waals surface area contributed by atoms with Crippen molar-refractivity contribution in [3.05, 3.63) is 70.4 Å². The van der Waals surface area contributed by atoms with Gasteiger partial charge in [-0.2, -0.15) is 0 Å². The maximum Gasteiger partial charge on any atom is 0.255 e. The first-order chi connectivity index (χ1) is 19.1. The Morgan fingerprint density at radius 2 is 1.85 bits per heavy atom. The van der Waals surface area contributed by atoms with Crippen LogP contribution in [0.25, 0.3) is 10.9 Å². The van der Waals surface area contributed by atoms with Crippen molar-refractivity contribution in [2.24, 2.45) is 10.4 Å². The first-order valence-electron chi connectivity index (χ1n) is 13.0. The van der Waals surface area contributed by atoms with Gasteiger partial charge in [-0.25, -0.2) is 0 Å². The summed E-state index contributed by atoms with van der Waals surface area (Å²) in [5.41, 5.74) is 3.71. The van der Waals surface area contributed by atoms with Crippen molar-refractivity contribution >= 4 is 39.9 Å². The SMILES string of the molecule is COCCNC(=O)c1cc2c(Oc3ccc(CC(=O)CC4=CC(C(C)(C)C)=NC4)c(Cl)c3)ccnc2cc1OC. The van der Waals surface area contributed by atoms with Crippen LogP contribution in [0.15, 0.2) is 59.2 Å². The first-order valence-corrected chi connectivity index (χ1v) is 13.4. The van der Waals surface area contributed by atoms with Crippen LogP contribution in [0, 0.1) is 5.41 Å². The zero-order valence-corrected chi connectivity index (χ0v) is 24.2. The summed E-state index contributed by atoms with van der Waals surface area (Å²) in [5, 5.41) is 3.89. The lowest BCUT2D eigenvalue weighted by molar-refractivity contribution is -0.117. The number of hydrogen-bond donors (Lipinski definition) is 1. The van der Waals surface area contributed by atoms with Gasteiger partial charge in [0.1, 0.15) is 23.0 Å². The second kappa shape index (κ2) is 12.6. The number of benzene rings is 2. The molecule has 3 aromatic rings. The lowest BCUT2D eigenvalue weighted by atomic mass is 9.89. The number of ketones is 1. The Morgan fingerprint density at radius 1 is 1.05 bits per heavy atom. The van der Waals surface area contributed by atoms with Gasteiger partial charge in [-0.3, -0.25) is 19.6 Å². The lowest BCUT2D eigenvalue weighted by Crippen LogP contribution is -2.27. The van der Waals surface area contributed by atoms with Crippen molar-refractivity contribution in [3.8, 4) is 17.2 Å². The van der Waals surface area contributed by atoms with Crippen molar-refractivity contribution in [3.63, 3.8) is 0 Å². The quantitative estimate of drug-likeness (QED) is 0.287. The van der Waals surface area contributed by atoms with E-state index in [1.54, 1.807) is 49.7 Å². The number of carbonyl (C=O) groups is 2. The summed E-state index contributed by atoms with van der Waals surface area (Å²) < 4.78 is 16.6. The Morgan fingerprint density at radius 3 is 2.52 bits per heavy atom. The van der Waals surface area contributed by atoms with Crippen LogP contribution in [0.5, 0.6) is 17.2 Å². The molecule has 1 aromatic heterocycles. The number of aliphatic imine (C=N–C) groups is 1. The topological polar surface area (TPSA) is 99.1 Å². The maximum atomic E-state index is 12.8. The Balaban J connectivity index is 1.49. The van der Waals surface area contributed by atoms with Crippen LogP contribution in [0.2, 0.25) is 5.02 Å². The molecule has 0 saturated carbocycles. The molecular weight excluding hydrogens is 530 g/mol. The number of Topliss-reactive ketones (excluding diaryl/α,β-unsaturated/α-hetero) is 1. The van der Waals surface area contributed by atoms with Crippen molar-refractivity contribution in [1.29, 1.82) is 0 Å². The normalized spacial score (nSPS) is 13.2. The molecule has 8 nitrogen and oxygen atoms in total. The van der Waals surface area contributed by atoms with Gasteiger partial charge in [0.2, 0.25) is 0 Å². The summed E-state index contributed by atoms with van der Waals surface area (Å²) in [6, 6.07) is 10.4. The molecule has 1 amide bonds. The van der Waals surface area contributed by atoms with E-state index in [0.717, 1.165) is 16.8 Å². The van der Waals surface area contributed by atoms with Gasteiger partial charge in [-0.15, -0.1) is 0 Å². The number of aromatic nitrogens is 1. The molecule has 0 bridgehead atoms. The maximum absolute atomic E-state index is 12.8. The minimum Gasteiger partial charge on any atom is -0.496 e. The number of rotatable bonds is 11. The predicted octanol–water partition coefficient (Wildman–Crippen LogP) is 5.99. The van der Waals surface area contributed by atoms with Gasteiger partial charge in [0.05, 0.1) is 31.3 Å². The zero-order chi connectivity index (χ0) is 28.9. The van der Waals surface area contributed by atoms with Crippen LogP contribution >= 0.6 is 11.6 Å². The van der Waals surface area contributed by atoms with Crippen LogP contribution in [0.1, 0.15) is 43.1 Å². The highest BCUT2D eigenvalue weighted by Crippen LogP contribution is 2.35. The minimum absolute atomic E-state index is 0.0335. The number of allylic oxidation sites excluding steroid dienone is 1. The van der Waals surface area contributed by atoms with E-state index in [9.17, 15) is 9.59 Å². The van der Waals surface area contributed by atoms with E-state index in [1.807, 2.05) is 6.08 Å². The van der Waals surface area contributed by atoms with Gasteiger partial charge < -0.3 is 19.5 Å². The number of carbonyl (C=O) groups excluding carboxylic acids is 2. The van der Waals surface area contributed by atoms with Crippen molar-refractivity contribution in [1.82, 2.24) is 10.3 Å². The van der Waals surface area contributed by atoms with Crippen LogP contribution in [-0.4, -0.2) is 56.3 Å². The van der Waals surface area contributed by atoms with Crippen LogP contribution in [-0.2, 0) is 16.0 Å². The third-order valence-corrected chi connectivity index (χ3v) is 6.84. The number of nitrogens with zero attached hydrogens (tertiary/aromatic N) is 2. The molecule has 0 radical (unpaired) electrons. The Kier molecular flexibility index (Phi) is 9.22. The molecule has 0 unspecified atom stereocenters. The number of nitrogens with one attached hydrogen (secondary N) is 1. The van der Waals surface area contributed by atoms with Crippen molar-refractivity contribution in [2.75, 3.05) is 33.9 Å². The van der Waals surface area contributed by atoms with Crippen LogP contribution in [0.4, 0.5) is 0 Å². The molecule has 0 saturated heterocycles. The van der Waals surface area contributed by atoms with E-state index in [2.05, 4.69) is 36.1 Å². The summed E-state index contributed by atoms with van der Waals surface area (Å²) >= 11 is 6.56. The molecular formula is C31H34ClN3O5. The van der Waals surface area contributed by atoms with Gasteiger partial charge in [-0.05, 0) is 41.5 Å². The fraction of sp³-hybridized carbons (Fsp3) is 0.355. The molecule has 9 heteroatoms. The first kappa shape index (κ1) is 29.2. The number of ether oxygens (including phenoxy) is 3. The largest absolute Gasteiger partial charge is 0.496 e. The number of hydrogen-bond acceptors (Lipinski definition) is 7. The van der Waals surface area contributed by atoms with Crippen LogP contribution in [0.3, 0.4) is 0 Å². The predicted molar refractivity (Wildman–Crippen MR) is 157 cm³/mol. The molecule has 0 aliphatic carbocycles. The molecule has 1 N–H and O–H groups in total. The summed E-state index contributed by atoms with van der Waals surface area (Å²) in [7, 11) is 3.07. The monoisotopic (exact) mass is 563 g/mol. The number of fused-ring (bicyclic) bond motifs is 1. The van der Waals surface area contributed by atoms with Crippen molar-refractivity contribution < 1.29 is 23.8 Å². The van der Waals surface area contributed by atoms with E-state index < -0.39 is 0 Å². The highest BCUT2D eigenvalue weighted by Gasteiger charge is 2.22. The van der Waals surface area contributed by atoms with Crippen LogP contribution < -0.4 is 14.8 Å². The third-order valence-electron chi connectivity index (χ3n) is 6.49. The standard InChI is InChI=1S/C31H34ClN3O5/c1-31(2,3)29-13-19(18-35-29)12-21(36)14-20-6-7-22(15-25(20)32)40-27-8-9-33-26-17-28(39-5)24(16-23(26)27)30(37)34-10-11-38-4/h6-9,13,15-17H,10-12,14,18H2,1-5H3,(H,34,37). The summed E-state index contributed by atoms with van der Waals surface area (Å²) in [5.74, 6) is 1.19. The molecule has 0 fully saturated rings. The van der Waals surface area contributed by atoms with Gasteiger partial charge in [0.25, 0.3) is 5.91 Å². The molecule has 4 rings (SSSR count). The van der Waals surface area contributed by atoms with Gasteiger partial charge in [0, 0.05) is 60.3 Å². The summed E-state index contributed by atoms with van der Waals surface area (Å²) in [6.45, 7) is 7.67. The van der Waals surface area contributed by atoms with Gasteiger partial charge in [0.15, 0.2) is 0 Å². The number of halogens is 1. The Hall–Kier alpha value is -3.75. The van der Waals surface area contributed by atoms with E-state index in [0.29, 0.717) is 64.9 Å². The summed E-state index contributed by atoms with van der Waals surface area (Å²) in [4.78, 5) is 34.5. The number of pyridine rings is 1. The fourth-order valence-electron chi connectivity index (χ4n) is 4.37. The second-order valence-corrected chi connectivity index (χ2v) is 11.0. The average molecular weight is 564 g/mol. The smallest absolute Gasteiger partial charge is 0.255 e. The molecule has 0 atom stereocenters. The Labute approximate surface area is 239 Å². The van der Waals surface area contributed by atoms with E-state index in [1.165, 1.54) is 7.11 Å². The summed E-state index contributed by atoms with van der Waals surface area (Å²) in [6.07, 6.45) is 4.24. The van der Waals surface area contributed by atoms with Gasteiger partial charge >= 0.3 is 0 Å².